The highest BCUT2D eigenvalue weighted by Gasteiger charge is 2.60. The number of Topliss-reactive ketones (excluding diaryl/α,β-unsaturated/α-hetero) is 1. The van der Waals surface area contributed by atoms with E-state index in [0.29, 0.717) is 29.5 Å². The number of ketones is 1. The second-order valence-corrected chi connectivity index (χ2v) is 10.7. The number of ether oxygens (including phenoxy) is 1. The second kappa shape index (κ2) is 6.88. The van der Waals surface area contributed by atoms with Crippen molar-refractivity contribution in [2.45, 2.75) is 98.0 Å². The van der Waals surface area contributed by atoms with E-state index in [1.54, 1.807) is 0 Å². The zero-order chi connectivity index (χ0) is 19.4. The summed E-state index contributed by atoms with van der Waals surface area (Å²) in [7, 11) is 0. The number of hydrogen-bond donors (Lipinski definition) is 0. The topological polar surface area (TPSA) is 43.4 Å². The number of hydrogen-bond acceptors (Lipinski definition) is 3. The molecule has 152 valence electrons. The van der Waals surface area contributed by atoms with Crippen LogP contribution in [0.2, 0.25) is 0 Å². The summed E-state index contributed by atoms with van der Waals surface area (Å²) >= 11 is 0. The molecule has 0 unspecified atom stereocenters. The van der Waals surface area contributed by atoms with Crippen molar-refractivity contribution < 1.29 is 14.3 Å². The van der Waals surface area contributed by atoms with Crippen molar-refractivity contribution >= 4 is 11.8 Å². The van der Waals surface area contributed by atoms with Crippen LogP contribution in [0.25, 0.3) is 0 Å². The van der Waals surface area contributed by atoms with Crippen LogP contribution in [0.5, 0.6) is 0 Å². The lowest BCUT2D eigenvalue weighted by molar-refractivity contribution is -0.162. The van der Waals surface area contributed by atoms with Gasteiger partial charge in [-0.1, -0.05) is 20.8 Å². The molecule has 0 N–H and O–H groups in total. The molecule has 0 heterocycles. The first kappa shape index (κ1) is 19.5. The molecule has 3 heteroatoms. The average molecular weight is 375 g/mol. The zero-order valence-corrected chi connectivity index (χ0v) is 17.8. The van der Waals surface area contributed by atoms with Crippen LogP contribution in [-0.2, 0) is 14.3 Å². The maximum Gasteiger partial charge on any atom is 0.305 e. The SMILES string of the molecule is CCC(=O)O[C@@H]1CC[C@@]2(C)[C@@H](CC[C@@H]3[C@@H]2CC[C@]2(C)[C@@H](C(C)=O)CC[C@@H]32)C1. The summed E-state index contributed by atoms with van der Waals surface area (Å²) in [5.74, 6) is 3.77. The maximum absolute atomic E-state index is 12.3. The Morgan fingerprint density at radius 2 is 1.63 bits per heavy atom. The van der Waals surface area contributed by atoms with E-state index in [0.717, 1.165) is 37.0 Å². The number of esters is 1. The Balaban J connectivity index is 1.51. The number of carbonyl (C=O) groups excluding carboxylic acids is 2. The Bertz CT molecular complexity index is 613. The predicted molar refractivity (Wildman–Crippen MR) is 106 cm³/mol. The minimum atomic E-state index is -0.0352. The van der Waals surface area contributed by atoms with Gasteiger partial charge in [-0.05, 0) is 99.2 Å². The fraction of sp³-hybridized carbons (Fsp3) is 0.917. The Labute approximate surface area is 165 Å². The first-order valence-electron chi connectivity index (χ1n) is 11.5. The molecule has 4 rings (SSSR count). The van der Waals surface area contributed by atoms with Gasteiger partial charge >= 0.3 is 5.97 Å². The van der Waals surface area contributed by atoms with Gasteiger partial charge in [-0.3, -0.25) is 9.59 Å². The fourth-order valence-electron chi connectivity index (χ4n) is 8.26. The van der Waals surface area contributed by atoms with E-state index in [2.05, 4.69) is 13.8 Å². The van der Waals surface area contributed by atoms with Crippen LogP contribution < -0.4 is 0 Å². The predicted octanol–water partition coefficient (Wildman–Crippen LogP) is 5.56. The minimum absolute atomic E-state index is 0.0352. The molecule has 3 nitrogen and oxygen atoms in total. The van der Waals surface area contributed by atoms with Crippen LogP contribution in [0.3, 0.4) is 0 Å². The zero-order valence-electron chi connectivity index (χ0n) is 17.8. The van der Waals surface area contributed by atoms with Crippen LogP contribution in [0.1, 0.15) is 91.9 Å². The normalized spacial score (nSPS) is 48.9. The highest BCUT2D eigenvalue weighted by atomic mass is 16.5. The molecule has 0 aromatic heterocycles. The number of carbonyl (C=O) groups is 2. The van der Waals surface area contributed by atoms with E-state index in [-0.39, 0.29) is 17.5 Å². The van der Waals surface area contributed by atoms with Gasteiger partial charge in [-0.25, -0.2) is 0 Å². The Morgan fingerprint density at radius 1 is 0.926 bits per heavy atom. The molecule has 4 aliphatic carbocycles. The molecule has 4 aliphatic rings. The van der Waals surface area contributed by atoms with Crippen molar-refractivity contribution in [2.75, 3.05) is 0 Å². The molecule has 0 aliphatic heterocycles. The highest BCUT2D eigenvalue weighted by molar-refractivity contribution is 5.79. The summed E-state index contributed by atoms with van der Waals surface area (Å²) in [4.78, 5) is 24.0. The molecule has 0 radical (unpaired) electrons. The van der Waals surface area contributed by atoms with E-state index in [9.17, 15) is 9.59 Å². The second-order valence-electron chi connectivity index (χ2n) is 10.7. The van der Waals surface area contributed by atoms with Crippen LogP contribution in [0.15, 0.2) is 0 Å². The molecule has 0 amide bonds. The molecule has 4 saturated carbocycles. The molecule has 8 atom stereocenters. The molecule has 0 saturated heterocycles. The van der Waals surface area contributed by atoms with E-state index in [1.807, 2.05) is 13.8 Å². The lowest BCUT2D eigenvalue weighted by Gasteiger charge is -2.61. The minimum Gasteiger partial charge on any atom is -0.462 e. The fourth-order valence-corrected chi connectivity index (χ4v) is 8.26. The van der Waals surface area contributed by atoms with Gasteiger partial charge in [-0.2, -0.15) is 0 Å². The first-order chi connectivity index (χ1) is 12.8. The number of fused-ring (bicyclic) bond motifs is 5. The van der Waals surface area contributed by atoms with Crippen molar-refractivity contribution in [3.63, 3.8) is 0 Å². The summed E-state index contributed by atoms with van der Waals surface area (Å²) in [6.45, 7) is 8.69. The lowest BCUT2D eigenvalue weighted by Crippen LogP contribution is -2.54. The lowest BCUT2D eigenvalue weighted by atomic mass is 9.44. The maximum atomic E-state index is 12.3. The number of rotatable bonds is 3. The van der Waals surface area contributed by atoms with E-state index < -0.39 is 0 Å². The van der Waals surface area contributed by atoms with Crippen molar-refractivity contribution in [1.82, 2.24) is 0 Å². The van der Waals surface area contributed by atoms with Gasteiger partial charge in [0.1, 0.15) is 11.9 Å². The van der Waals surface area contributed by atoms with Gasteiger partial charge in [0, 0.05) is 12.3 Å². The Morgan fingerprint density at radius 3 is 2.33 bits per heavy atom. The van der Waals surface area contributed by atoms with E-state index >= 15 is 0 Å². The quantitative estimate of drug-likeness (QED) is 0.608. The van der Waals surface area contributed by atoms with E-state index in [4.69, 9.17) is 4.74 Å². The van der Waals surface area contributed by atoms with Crippen molar-refractivity contribution in [3.05, 3.63) is 0 Å². The molecule has 4 fully saturated rings. The molecule has 0 aromatic carbocycles. The van der Waals surface area contributed by atoms with Crippen LogP contribution >= 0.6 is 0 Å². The van der Waals surface area contributed by atoms with Crippen LogP contribution in [0.4, 0.5) is 0 Å². The third-order valence-corrected chi connectivity index (χ3v) is 9.70. The standard InChI is InChI=1S/C24H38O3/c1-5-22(26)27-17-10-12-23(3)16(14-17)6-7-18-20-9-8-19(15(2)25)24(20,4)13-11-21(18)23/h16-21H,5-14H2,1-4H3/t16-,17+,18-,19+,20-,21-,23-,24+/m0/s1. The van der Waals surface area contributed by atoms with Gasteiger partial charge in [0.25, 0.3) is 0 Å². The molecule has 27 heavy (non-hydrogen) atoms. The summed E-state index contributed by atoms with van der Waals surface area (Å²) in [5, 5.41) is 0. The van der Waals surface area contributed by atoms with Crippen LogP contribution in [-0.4, -0.2) is 17.9 Å². The average Bonchev–Trinajstić information content (AvgIpc) is 2.99. The molecule has 0 bridgehead atoms. The van der Waals surface area contributed by atoms with Gasteiger partial charge in [-0.15, -0.1) is 0 Å². The summed E-state index contributed by atoms with van der Waals surface area (Å²) in [5.41, 5.74) is 0.664. The summed E-state index contributed by atoms with van der Waals surface area (Å²) < 4.78 is 5.72. The molecular formula is C24H38O3. The van der Waals surface area contributed by atoms with Crippen molar-refractivity contribution in [1.29, 1.82) is 0 Å². The molecule has 0 spiro atoms. The van der Waals surface area contributed by atoms with Crippen LogP contribution in [0, 0.1) is 40.4 Å². The van der Waals surface area contributed by atoms with Gasteiger partial charge < -0.3 is 4.74 Å². The third-order valence-electron chi connectivity index (χ3n) is 9.70. The Kier molecular flexibility index (Phi) is 4.96. The van der Waals surface area contributed by atoms with Gasteiger partial charge in [0.2, 0.25) is 0 Å². The highest BCUT2D eigenvalue weighted by Crippen LogP contribution is 2.67. The third kappa shape index (κ3) is 2.99. The monoisotopic (exact) mass is 374 g/mol. The summed E-state index contributed by atoms with van der Waals surface area (Å²) in [6, 6.07) is 0. The Hall–Kier alpha value is -0.860. The summed E-state index contributed by atoms with van der Waals surface area (Å²) in [6.07, 6.45) is 11.5. The van der Waals surface area contributed by atoms with Gasteiger partial charge in [0.15, 0.2) is 0 Å². The largest absolute Gasteiger partial charge is 0.462 e. The molecule has 0 aromatic rings. The van der Waals surface area contributed by atoms with Crippen molar-refractivity contribution in [3.8, 4) is 0 Å². The smallest absolute Gasteiger partial charge is 0.305 e. The van der Waals surface area contributed by atoms with Crippen molar-refractivity contribution in [2.24, 2.45) is 40.4 Å². The van der Waals surface area contributed by atoms with Gasteiger partial charge in [0.05, 0.1) is 0 Å². The first-order valence-corrected chi connectivity index (χ1v) is 11.5. The van der Waals surface area contributed by atoms with E-state index in [1.165, 1.54) is 38.5 Å². The molecular weight excluding hydrogens is 336 g/mol.